The van der Waals surface area contributed by atoms with E-state index in [1.165, 1.54) is 30.4 Å². The summed E-state index contributed by atoms with van der Waals surface area (Å²) in [5.74, 6) is 0. The van der Waals surface area contributed by atoms with Gasteiger partial charge in [-0.15, -0.1) is 0 Å². The van der Waals surface area contributed by atoms with Crippen LogP contribution in [0.15, 0.2) is 30.5 Å². The smallest absolute Gasteiger partial charge is 0.0766 e. The molecular weight excluding hydrogens is 250 g/mol. The third kappa shape index (κ3) is 2.92. The number of fused-ring (bicyclic) bond motifs is 1. The van der Waals surface area contributed by atoms with Gasteiger partial charge in [-0.1, -0.05) is 6.07 Å². The lowest BCUT2D eigenvalue weighted by Crippen LogP contribution is -2.18. The number of hydrogen-bond donors (Lipinski definition) is 1. The predicted molar refractivity (Wildman–Crippen MR) is 79.2 cm³/mol. The van der Waals surface area contributed by atoms with E-state index in [-0.39, 0.29) is 0 Å². The number of methoxy groups -OCH3 is 1. The third-order valence-corrected chi connectivity index (χ3v) is 3.78. The van der Waals surface area contributed by atoms with Gasteiger partial charge in [0.2, 0.25) is 0 Å². The summed E-state index contributed by atoms with van der Waals surface area (Å²) in [6.45, 7) is 2.36. The molecule has 20 heavy (non-hydrogen) atoms. The van der Waals surface area contributed by atoms with Gasteiger partial charge in [-0.2, -0.15) is 5.10 Å². The fraction of sp³-hybridized carbons (Fsp3) is 0.438. The van der Waals surface area contributed by atoms with E-state index in [9.17, 15) is 0 Å². The number of nitrogens with one attached hydrogen (secondary N) is 1. The van der Waals surface area contributed by atoms with Crippen LogP contribution in [0.25, 0.3) is 5.69 Å². The molecule has 106 valence electrons. The van der Waals surface area contributed by atoms with Crippen molar-refractivity contribution in [3.8, 4) is 5.69 Å². The first kappa shape index (κ1) is 13.3. The maximum atomic E-state index is 5.01. The Labute approximate surface area is 119 Å². The molecule has 0 spiro atoms. The first-order valence-electron chi connectivity index (χ1n) is 7.23. The van der Waals surface area contributed by atoms with Crippen molar-refractivity contribution in [2.45, 2.75) is 25.8 Å². The van der Waals surface area contributed by atoms with E-state index < -0.39 is 0 Å². The highest BCUT2D eigenvalue weighted by atomic mass is 16.5. The lowest BCUT2D eigenvalue weighted by Gasteiger charge is -2.05. The number of aryl methyl sites for hydroxylation is 2. The molecule has 0 radical (unpaired) electrons. The quantitative estimate of drug-likeness (QED) is 0.818. The minimum absolute atomic E-state index is 0.728. The molecule has 0 saturated carbocycles. The predicted octanol–water partition coefficient (Wildman–Crippen LogP) is 2.10. The number of nitrogens with zero attached hydrogens (tertiary/aromatic N) is 2. The molecule has 3 rings (SSSR count). The van der Waals surface area contributed by atoms with Crippen LogP contribution in [0.3, 0.4) is 0 Å². The van der Waals surface area contributed by atoms with Crippen molar-refractivity contribution in [2.24, 2.45) is 0 Å². The van der Waals surface area contributed by atoms with E-state index in [0.29, 0.717) is 0 Å². The van der Waals surface area contributed by atoms with Gasteiger partial charge in [0.1, 0.15) is 0 Å². The van der Waals surface area contributed by atoms with Gasteiger partial charge < -0.3 is 10.1 Å². The first-order chi connectivity index (χ1) is 9.86. The van der Waals surface area contributed by atoms with Crippen molar-refractivity contribution in [3.63, 3.8) is 0 Å². The second kappa shape index (κ2) is 6.20. The summed E-state index contributed by atoms with van der Waals surface area (Å²) in [6, 6.07) is 8.75. The Balaban J connectivity index is 1.67. The number of aromatic nitrogens is 2. The lowest BCUT2D eigenvalue weighted by atomic mass is 10.1. The van der Waals surface area contributed by atoms with Crippen LogP contribution in [0.4, 0.5) is 0 Å². The van der Waals surface area contributed by atoms with Gasteiger partial charge in [-0.3, -0.25) is 0 Å². The highest BCUT2D eigenvalue weighted by molar-refractivity contribution is 5.42. The lowest BCUT2D eigenvalue weighted by molar-refractivity contribution is 0.199. The van der Waals surface area contributed by atoms with Gasteiger partial charge in [0.05, 0.1) is 18.0 Å². The number of rotatable bonds is 6. The van der Waals surface area contributed by atoms with E-state index >= 15 is 0 Å². The second-order valence-corrected chi connectivity index (χ2v) is 5.23. The fourth-order valence-electron chi connectivity index (χ4n) is 2.69. The Morgan fingerprint density at radius 1 is 1.25 bits per heavy atom. The molecule has 0 bridgehead atoms. The van der Waals surface area contributed by atoms with Crippen LogP contribution in [0.2, 0.25) is 0 Å². The average Bonchev–Trinajstić information content (AvgIpc) is 3.11. The molecule has 0 aliphatic heterocycles. The molecular formula is C16H21N3O. The van der Waals surface area contributed by atoms with E-state index in [1.807, 2.05) is 10.9 Å². The largest absolute Gasteiger partial charge is 0.383 e. The molecule has 1 aliphatic rings. The molecule has 1 aliphatic carbocycles. The Bertz CT molecular complexity index is 577. The van der Waals surface area contributed by atoms with Crippen molar-refractivity contribution in [1.29, 1.82) is 0 Å². The maximum Gasteiger partial charge on any atom is 0.0766 e. The first-order valence-corrected chi connectivity index (χ1v) is 7.23. The van der Waals surface area contributed by atoms with Crippen LogP contribution in [-0.4, -0.2) is 30.0 Å². The summed E-state index contributed by atoms with van der Waals surface area (Å²) < 4.78 is 6.97. The normalized spacial score (nSPS) is 13.7. The maximum absolute atomic E-state index is 5.01. The zero-order valence-corrected chi connectivity index (χ0v) is 11.9. The molecule has 0 saturated heterocycles. The van der Waals surface area contributed by atoms with Crippen LogP contribution in [0.1, 0.15) is 23.2 Å². The highest BCUT2D eigenvalue weighted by Gasteiger charge is 2.11. The van der Waals surface area contributed by atoms with Crippen molar-refractivity contribution in [1.82, 2.24) is 15.1 Å². The highest BCUT2D eigenvalue weighted by Crippen LogP contribution is 2.24. The van der Waals surface area contributed by atoms with Crippen LogP contribution >= 0.6 is 0 Å². The van der Waals surface area contributed by atoms with Gasteiger partial charge in [0, 0.05) is 26.4 Å². The molecule has 1 heterocycles. The summed E-state index contributed by atoms with van der Waals surface area (Å²) in [5, 5.41) is 7.93. The minimum atomic E-state index is 0.728. The second-order valence-electron chi connectivity index (χ2n) is 5.23. The summed E-state index contributed by atoms with van der Waals surface area (Å²) in [5.41, 5.74) is 5.20. The van der Waals surface area contributed by atoms with E-state index in [1.54, 1.807) is 7.11 Å². The van der Waals surface area contributed by atoms with E-state index in [2.05, 4.69) is 34.7 Å². The molecule has 1 N–H and O–H groups in total. The van der Waals surface area contributed by atoms with Gasteiger partial charge in [-0.25, -0.2) is 4.68 Å². The van der Waals surface area contributed by atoms with Crippen LogP contribution in [0.5, 0.6) is 0 Å². The van der Waals surface area contributed by atoms with E-state index in [0.717, 1.165) is 31.1 Å². The Kier molecular flexibility index (Phi) is 4.14. The number of hydrogen-bond acceptors (Lipinski definition) is 3. The number of benzene rings is 1. The minimum Gasteiger partial charge on any atom is -0.383 e. The topological polar surface area (TPSA) is 39.1 Å². The van der Waals surface area contributed by atoms with Crippen molar-refractivity contribution >= 4 is 0 Å². The third-order valence-electron chi connectivity index (χ3n) is 3.78. The Morgan fingerprint density at radius 2 is 2.15 bits per heavy atom. The molecule has 0 amide bonds. The van der Waals surface area contributed by atoms with Crippen molar-refractivity contribution in [3.05, 3.63) is 47.3 Å². The molecule has 0 unspecified atom stereocenters. The summed E-state index contributed by atoms with van der Waals surface area (Å²) in [7, 11) is 1.71. The molecule has 4 heteroatoms. The fourth-order valence-corrected chi connectivity index (χ4v) is 2.69. The zero-order valence-electron chi connectivity index (χ0n) is 11.9. The SMILES string of the molecule is COCCNCc1ccn(-c2ccc3c(c2)CCC3)n1. The molecule has 0 atom stereocenters. The van der Waals surface area contributed by atoms with Gasteiger partial charge in [0.25, 0.3) is 0 Å². The van der Waals surface area contributed by atoms with Gasteiger partial charge in [-0.05, 0) is 48.6 Å². The van der Waals surface area contributed by atoms with E-state index in [4.69, 9.17) is 4.74 Å². The van der Waals surface area contributed by atoms with Crippen LogP contribution in [-0.2, 0) is 24.1 Å². The summed E-state index contributed by atoms with van der Waals surface area (Å²) in [6.07, 6.45) is 5.75. The van der Waals surface area contributed by atoms with Crippen LogP contribution in [0, 0.1) is 0 Å². The number of ether oxygens (including phenoxy) is 1. The van der Waals surface area contributed by atoms with Gasteiger partial charge in [0.15, 0.2) is 0 Å². The summed E-state index contributed by atoms with van der Waals surface area (Å²) in [4.78, 5) is 0. The Morgan fingerprint density at radius 3 is 3.05 bits per heavy atom. The standard InChI is InChI=1S/C16H21N3O/c1-20-10-8-17-12-15-7-9-19(18-15)16-6-5-13-3-2-4-14(13)11-16/h5-7,9,11,17H,2-4,8,10,12H2,1H3. The molecule has 1 aromatic carbocycles. The van der Waals surface area contributed by atoms with Gasteiger partial charge >= 0.3 is 0 Å². The molecule has 4 nitrogen and oxygen atoms in total. The van der Waals surface area contributed by atoms with Crippen molar-refractivity contribution < 1.29 is 4.74 Å². The molecule has 2 aromatic rings. The summed E-state index contributed by atoms with van der Waals surface area (Å²) >= 11 is 0. The van der Waals surface area contributed by atoms with Crippen molar-refractivity contribution in [2.75, 3.05) is 20.3 Å². The molecule has 1 aromatic heterocycles. The monoisotopic (exact) mass is 271 g/mol. The van der Waals surface area contributed by atoms with Crippen LogP contribution < -0.4 is 5.32 Å². The molecule has 0 fully saturated rings. The average molecular weight is 271 g/mol. The Hall–Kier alpha value is -1.65. The zero-order chi connectivity index (χ0) is 13.8.